The Hall–Kier alpha value is -1.54. The van der Waals surface area contributed by atoms with Crippen LogP contribution in [0.4, 0.5) is 0 Å². The maximum atomic E-state index is 11.7. The van der Waals surface area contributed by atoms with Crippen LogP contribution in [0, 0.1) is 6.92 Å². The van der Waals surface area contributed by atoms with Crippen LogP contribution in [-0.2, 0) is 13.6 Å². The van der Waals surface area contributed by atoms with Crippen molar-refractivity contribution in [3.63, 3.8) is 0 Å². The Kier molecular flexibility index (Phi) is 2.98. The summed E-state index contributed by atoms with van der Waals surface area (Å²) in [6.45, 7) is 2.37. The molecule has 2 heterocycles. The molecule has 1 saturated carbocycles. The number of aromatic amines is 1. The van der Waals surface area contributed by atoms with Crippen molar-refractivity contribution in [1.82, 2.24) is 24.5 Å². The van der Waals surface area contributed by atoms with E-state index < -0.39 is 0 Å². The Morgan fingerprint density at radius 1 is 1.53 bits per heavy atom. The van der Waals surface area contributed by atoms with Gasteiger partial charge >= 0.3 is 5.69 Å². The molecule has 0 unspecified atom stereocenters. The first kappa shape index (κ1) is 12.5. The number of nitrogens with one attached hydrogen (secondary N) is 1. The normalized spacial score (nSPS) is 15.1. The molecule has 2 aromatic heterocycles. The number of hydrogen-bond acceptors (Lipinski definition) is 5. The zero-order valence-electron chi connectivity index (χ0n) is 10.9. The molecular formula is C11H16N6OS. The largest absolute Gasteiger partial charge is 0.344 e. The zero-order chi connectivity index (χ0) is 13.6. The van der Waals surface area contributed by atoms with E-state index in [1.165, 1.54) is 11.8 Å². The Morgan fingerprint density at radius 3 is 2.89 bits per heavy atom. The molecule has 0 saturated heterocycles. The van der Waals surface area contributed by atoms with E-state index in [0.29, 0.717) is 17.7 Å². The highest BCUT2D eigenvalue weighted by Crippen LogP contribution is 2.38. The number of nitrogens with two attached hydrogens (primary N) is 1. The predicted molar refractivity (Wildman–Crippen MR) is 71.1 cm³/mol. The fourth-order valence-corrected chi connectivity index (χ4v) is 3.27. The predicted octanol–water partition coefficient (Wildman–Crippen LogP) is 0.558. The first-order chi connectivity index (χ1) is 9.11. The minimum Gasteiger partial charge on any atom is -0.326 e. The van der Waals surface area contributed by atoms with Crippen molar-refractivity contribution in [2.45, 2.75) is 42.5 Å². The fourth-order valence-electron chi connectivity index (χ4n) is 2.15. The molecule has 3 rings (SSSR count). The third-order valence-corrected chi connectivity index (χ3v) is 4.44. The second kappa shape index (κ2) is 4.53. The Bertz CT molecular complexity index is 665. The third-order valence-electron chi connectivity index (χ3n) is 3.26. The van der Waals surface area contributed by atoms with Crippen molar-refractivity contribution >= 4 is 11.8 Å². The van der Waals surface area contributed by atoms with Gasteiger partial charge in [0, 0.05) is 25.2 Å². The van der Waals surface area contributed by atoms with Crippen LogP contribution in [0.1, 0.15) is 30.1 Å². The smallest absolute Gasteiger partial charge is 0.326 e. The molecule has 2 aromatic rings. The van der Waals surface area contributed by atoms with Gasteiger partial charge in [0.15, 0.2) is 5.16 Å². The molecule has 1 aliphatic carbocycles. The molecule has 8 heteroatoms. The lowest BCUT2D eigenvalue weighted by Gasteiger charge is -2.05. The van der Waals surface area contributed by atoms with E-state index in [2.05, 4.69) is 15.3 Å². The highest BCUT2D eigenvalue weighted by molar-refractivity contribution is 7.99. The molecule has 19 heavy (non-hydrogen) atoms. The highest BCUT2D eigenvalue weighted by atomic mass is 32.2. The number of H-pyrrole nitrogens is 1. The maximum absolute atomic E-state index is 11.7. The van der Waals surface area contributed by atoms with Gasteiger partial charge in [-0.2, -0.15) is 5.10 Å². The van der Waals surface area contributed by atoms with Gasteiger partial charge in [0.25, 0.3) is 0 Å². The van der Waals surface area contributed by atoms with E-state index in [-0.39, 0.29) is 5.69 Å². The van der Waals surface area contributed by atoms with Crippen molar-refractivity contribution in [1.29, 1.82) is 0 Å². The quantitative estimate of drug-likeness (QED) is 0.853. The number of rotatable bonds is 4. The summed E-state index contributed by atoms with van der Waals surface area (Å²) in [5.41, 5.74) is 7.55. The van der Waals surface area contributed by atoms with Gasteiger partial charge in [0.2, 0.25) is 0 Å². The van der Waals surface area contributed by atoms with Gasteiger partial charge in [-0.1, -0.05) is 0 Å². The highest BCUT2D eigenvalue weighted by Gasteiger charge is 2.29. The molecule has 3 N–H and O–H groups in total. The molecule has 102 valence electrons. The van der Waals surface area contributed by atoms with Gasteiger partial charge in [-0.25, -0.2) is 9.89 Å². The van der Waals surface area contributed by atoms with Gasteiger partial charge in [-0.3, -0.25) is 9.25 Å². The van der Waals surface area contributed by atoms with Crippen LogP contribution in [0.2, 0.25) is 0 Å². The van der Waals surface area contributed by atoms with Gasteiger partial charge < -0.3 is 5.73 Å². The summed E-state index contributed by atoms with van der Waals surface area (Å²) in [4.78, 5) is 11.7. The average Bonchev–Trinajstić information content (AvgIpc) is 3.08. The lowest BCUT2D eigenvalue weighted by atomic mass is 10.3. The van der Waals surface area contributed by atoms with Crippen LogP contribution in [0.25, 0.3) is 0 Å². The SMILES string of the molecule is Cc1nn(C)c(Sc2n[nH]c(=O)n2C2CC2)c1CN. The number of nitrogens with zero attached hydrogens (tertiary/aromatic N) is 4. The molecule has 0 amide bonds. The van der Waals surface area contributed by atoms with Gasteiger partial charge in [0.05, 0.1) is 5.69 Å². The standard InChI is InChI=1S/C11H16N6OS/c1-6-8(5-12)9(16(2)15-6)19-11-14-13-10(18)17(11)7-3-4-7/h7H,3-5,12H2,1-2H3,(H,13,18). The molecule has 1 aliphatic rings. The van der Waals surface area contributed by atoms with E-state index in [9.17, 15) is 4.79 Å². The van der Waals surface area contributed by atoms with E-state index in [1.54, 1.807) is 9.25 Å². The van der Waals surface area contributed by atoms with Crippen LogP contribution < -0.4 is 11.4 Å². The van der Waals surface area contributed by atoms with Crippen molar-refractivity contribution in [2.75, 3.05) is 0 Å². The first-order valence-electron chi connectivity index (χ1n) is 6.19. The Labute approximate surface area is 114 Å². The first-order valence-corrected chi connectivity index (χ1v) is 7.00. The molecule has 1 fully saturated rings. The summed E-state index contributed by atoms with van der Waals surface area (Å²) < 4.78 is 3.52. The lowest BCUT2D eigenvalue weighted by Crippen LogP contribution is -2.16. The van der Waals surface area contributed by atoms with Crippen molar-refractivity contribution in [3.8, 4) is 0 Å². The van der Waals surface area contributed by atoms with Gasteiger partial charge in [-0.05, 0) is 31.5 Å². The van der Waals surface area contributed by atoms with E-state index >= 15 is 0 Å². The number of aromatic nitrogens is 5. The van der Waals surface area contributed by atoms with Crippen LogP contribution >= 0.6 is 11.8 Å². The summed E-state index contributed by atoms with van der Waals surface area (Å²) in [5, 5.41) is 12.6. The maximum Gasteiger partial charge on any atom is 0.344 e. The number of hydrogen-bond donors (Lipinski definition) is 2. The van der Waals surface area contributed by atoms with E-state index in [0.717, 1.165) is 29.1 Å². The lowest BCUT2D eigenvalue weighted by molar-refractivity contribution is 0.637. The Balaban J connectivity index is 2.00. The summed E-state index contributed by atoms with van der Waals surface area (Å²) in [5.74, 6) is 0. The second-order valence-electron chi connectivity index (χ2n) is 4.71. The van der Waals surface area contributed by atoms with Crippen molar-refractivity contribution in [2.24, 2.45) is 12.8 Å². The van der Waals surface area contributed by atoms with Crippen LogP contribution in [0.15, 0.2) is 15.0 Å². The molecule has 0 bridgehead atoms. The molecule has 0 aliphatic heterocycles. The molecule has 7 nitrogen and oxygen atoms in total. The van der Waals surface area contributed by atoms with Crippen LogP contribution in [-0.4, -0.2) is 24.5 Å². The van der Waals surface area contributed by atoms with E-state index in [1.807, 2.05) is 14.0 Å². The summed E-state index contributed by atoms with van der Waals surface area (Å²) in [6.07, 6.45) is 2.09. The van der Waals surface area contributed by atoms with Gasteiger partial charge in [0.1, 0.15) is 5.03 Å². The summed E-state index contributed by atoms with van der Waals surface area (Å²) in [6, 6.07) is 0.296. The molecule has 0 aromatic carbocycles. The van der Waals surface area contributed by atoms with E-state index in [4.69, 9.17) is 5.73 Å². The molecule has 0 atom stereocenters. The molecule has 0 radical (unpaired) electrons. The van der Waals surface area contributed by atoms with Gasteiger partial charge in [-0.15, -0.1) is 5.10 Å². The molecular weight excluding hydrogens is 264 g/mol. The van der Waals surface area contributed by atoms with Crippen molar-refractivity contribution in [3.05, 3.63) is 21.7 Å². The van der Waals surface area contributed by atoms with Crippen LogP contribution in [0.5, 0.6) is 0 Å². The van der Waals surface area contributed by atoms with Crippen molar-refractivity contribution < 1.29 is 0 Å². The third kappa shape index (κ3) is 2.10. The monoisotopic (exact) mass is 280 g/mol. The second-order valence-corrected chi connectivity index (χ2v) is 5.67. The summed E-state index contributed by atoms with van der Waals surface area (Å²) >= 11 is 1.44. The minimum atomic E-state index is -0.141. The zero-order valence-corrected chi connectivity index (χ0v) is 11.7. The minimum absolute atomic E-state index is 0.141. The fraction of sp³-hybridized carbons (Fsp3) is 0.545. The topological polar surface area (TPSA) is 94.5 Å². The number of aryl methyl sites for hydroxylation is 2. The van der Waals surface area contributed by atoms with Crippen LogP contribution in [0.3, 0.4) is 0 Å². The molecule has 0 spiro atoms. The summed E-state index contributed by atoms with van der Waals surface area (Å²) in [7, 11) is 1.88. The Morgan fingerprint density at radius 2 is 2.26 bits per heavy atom. The average molecular weight is 280 g/mol.